The molecule has 1 aromatic heterocycles. The fourth-order valence-electron chi connectivity index (χ4n) is 3.05. The third-order valence-corrected chi connectivity index (χ3v) is 5.53. The summed E-state index contributed by atoms with van der Waals surface area (Å²) in [6, 6.07) is 18.5. The van der Waals surface area contributed by atoms with E-state index < -0.39 is 0 Å². The van der Waals surface area contributed by atoms with Crippen LogP contribution >= 0.6 is 11.8 Å². The van der Waals surface area contributed by atoms with E-state index in [-0.39, 0.29) is 5.91 Å². The van der Waals surface area contributed by atoms with Crippen molar-refractivity contribution in [3.05, 3.63) is 65.7 Å². The molecule has 1 heterocycles. The Morgan fingerprint density at radius 2 is 1.82 bits per heavy atom. The fourth-order valence-corrected chi connectivity index (χ4v) is 3.88. The van der Waals surface area contributed by atoms with Crippen molar-refractivity contribution in [3.8, 4) is 11.4 Å². The molecule has 0 aliphatic heterocycles. The zero-order chi connectivity index (χ0) is 19.8. The number of rotatable bonds is 9. The second-order valence-corrected chi connectivity index (χ2v) is 7.54. The molecule has 28 heavy (non-hydrogen) atoms. The van der Waals surface area contributed by atoms with Crippen LogP contribution in [0.15, 0.2) is 59.8 Å². The van der Waals surface area contributed by atoms with Gasteiger partial charge in [0.15, 0.2) is 11.0 Å². The lowest BCUT2D eigenvalue weighted by Gasteiger charge is -2.09. The molecule has 146 valence electrons. The van der Waals surface area contributed by atoms with Crippen LogP contribution in [0, 0.1) is 6.92 Å². The summed E-state index contributed by atoms with van der Waals surface area (Å²) in [5.74, 6) is 1.23. The van der Waals surface area contributed by atoms with Gasteiger partial charge in [0.05, 0.1) is 5.75 Å². The van der Waals surface area contributed by atoms with Gasteiger partial charge in [0.1, 0.15) is 0 Å². The highest BCUT2D eigenvalue weighted by Crippen LogP contribution is 2.26. The van der Waals surface area contributed by atoms with Crippen LogP contribution in [-0.4, -0.2) is 33.0 Å². The van der Waals surface area contributed by atoms with Crippen molar-refractivity contribution in [1.82, 2.24) is 20.1 Å². The maximum absolute atomic E-state index is 12.2. The summed E-state index contributed by atoms with van der Waals surface area (Å²) >= 11 is 1.43. The van der Waals surface area contributed by atoms with Crippen molar-refractivity contribution < 1.29 is 4.79 Å². The summed E-state index contributed by atoms with van der Waals surface area (Å²) in [7, 11) is 0. The summed E-state index contributed by atoms with van der Waals surface area (Å²) < 4.78 is 2.07. The molecule has 3 rings (SSSR count). The lowest BCUT2D eigenvalue weighted by Crippen LogP contribution is -2.26. The van der Waals surface area contributed by atoms with Crippen molar-refractivity contribution in [1.29, 1.82) is 0 Å². The molecule has 0 aliphatic rings. The Morgan fingerprint density at radius 1 is 1.07 bits per heavy atom. The molecule has 0 fully saturated rings. The maximum Gasteiger partial charge on any atom is 0.230 e. The smallest absolute Gasteiger partial charge is 0.230 e. The van der Waals surface area contributed by atoms with Crippen LogP contribution in [0.1, 0.15) is 24.5 Å². The number of carbonyl (C=O) groups excluding carboxylic acids is 1. The fraction of sp³-hybridized carbons (Fsp3) is 0.318. The third-order valence-electron chi connectivity index (χ3n) is 4.56. The molecule has 0 unspecified atom stereocenters. The molecule has 0 spiro atoms. The van der Waals surface area contributed by atoms with Crippen molar-refractivity contribution in [2.45, 2.75) is 38.4 Å². The number of hydrogen-bond donors (Lipinski definition) is 1. The first-order chi connectivity index (χ1) is 13.7. The lowest BCUT2D eigenvalue weighted by atomic mass is 10.1. The molecule has 0 saturated carbocycles. The molecule has 3 aromatic rings. The van der Waals surface area contributed by atoms with Gasteiger partial charge in [-0.25, -0.2) is 0 Å². The number of carbonyl (C=O) groups is 1. The van der Waals surface area contributed by atoms with Gasteiger partial charge >= 0.3 is 0 Å². The quantitative estimate of drug-likeness (QED) is 0.438. The van der Waals surface area contributed by atoms with Crippen LogP contribution in [0.2, 0.25) is 0 Å². The number of amides is 1. The second kappa shape index (κ2) is 10.1. The van der Waals surface area contributed by atoms with E-state index in [1.807, 2.05) is 30.3 Å². The molecule has 0 atom stereocenters. The van der Waals surface area contributed by atoms with E-state index in [1.54, 1.807) is 0 Å². The molecular weight excluding hydrogens is 368 g/mol. The Hall–Kier alpha value is -2.60. The largest absolute Gasteiger partial charge is 0.355 e. The summed E-state index contributed by atoms with van der Waals surface area (Å²) in [5.41, 5.74) is 3.54. The first kappa shape index (κ1) is 20.1. The third kappa shape index (κ3) is 5.23. The van der Waals surface area contributed by atoms with Gasteiger partial charge in [0, 0.05) is 18.7 Å². The van der Waals surface area contributed by atoms with E-state index >= 15 is 0 Å². The summed E-state index contributed by atoms with van der Waals surface area (Å²) in [4.78, 5) is 12.2. The number of hydrogen-bond acceptors (Lipinski definition) is 4. The maximum atomic E-state index is 12.2. The SMILES string of the molecule is CCn1c(SCC(=O)NCCCc2ccccc2)nnc1-c1ccccc1C. The van der Waals surface area contributed by atoms with E-state index in [1.165, 1.54) is 17.3 Å². The molecule has 0 saturated heterocycles. The molecule has 6 heteroatoms. The number of nitrogens with one attached hydrogen (secondary N) is 1. The minimum Gasteiger partial charge on any atom is -0.355 e. The Bertz CT molecular complexity index is 908. The monoisotopic (exact) mass is 394 g/mol. The van der Waals surface area contributed by atoms with Gasteiger partial charge in [-0.2, -0.15) is 0 Å². The van der Waals surface area contributed by atoms with E-state index in [0.29, 0.717) is 12.3 Å². The molecule has 0 aliphatic carbocycles. The number of thioether (sulfide) groups is 1. The number of aryl methyl sites for hydroxylation is 2. The average Bonchev–Trinajstić information content (AvgIpc) is 3.13. The average molecular weight is 395 g/mol. The van der Waals surface area contributed by atoms with Crippen LogP contribution in [0.25, 0.3) is 11.4 Å². The van der Waals surface area contributed by atoms with E-state index in [0.717, 1.165) is 41.5 Å². The van der Waals surface area contributed by atoms with Crippen molar-refractivity contribution in [3.63, 3.8) is 0 Å². The van der Waals surface area contributed by atoms with Gasteiger partial charge in [-0.05, 0) is 37.8 Å². The van der Waals surface area contributed by atoms with Crippen molar-refractivity contribution in [2.24, 2.45) is 0 Å². The zero-order valence-corrected chi connectivity index (χ0v) is 17.2. The highest BCUT2D eigenvalue weighted by Gasteiger charge is 2.15. The van der Waals surface area contributed by atoms with Gasteiger partial charge in [-0.3, -0.25) is 4.79 Å². The van der Waals surface area contributed by atoms with Gasteiger partial charge in [-0.1, -0.05) is 66.4 Å². The summed E-state index contributed by atoms with van der Waals surface area (Å²) in [6.07, 6.45) is 1.90. The lowest BCUT2D eigenvalue weighted by molar-refractivity contribution is -0.118. The van der Waals surface area contributed by atoms with E-state index in [2.05, 4.69) is 58.2 Å². The highest BCUT2D eigenvalue weighted by atomic mass is 32.2. The highest BCUT2D eigenvalue weighted by molar-refractivity contribution is 7.99. The first-order valence-corrected chi connectivity index (χ1v) is 10.6. The summed E-state index contributed by atoms with van der Waals surface area (Å²) in [5, 5.41) is 12.4. The van der Waals surface area contributed by atoms with Gasteiger partial charge in [-0.15, -0.1) is 10.2 Å². The minimum atomic E-state index is 0.0288. The van der Waals surface area contributed by atoms with E-state index in [4.69, 9.17) is 0 Å². The van der Waals surface area contributed by atoms with Crippen LogP contribution in [0.3, 0.4) is 0 Å². The van der Waals surface area contributed by atoms with Gasteiger partial charge in [0.25, 0.3) is 0 Å². The molecule has 0 radical (unpaired) electrons. The standard InChI is InChI=1S/C22H26N4OS/c1-3-26-21(19-14-8-7-10-17(19)2)24-25-22(26)28-16-20(27)23-15-9-13-18-11-5-4-6-12-18/h4-8,10-12,14H,3,9,13,15-16H2,1-2H3,(H,23,27). The number of benzene rings is 2. The van der Waals surface area contributed by atoms with E-state index in [9.17, 15) is 4.79 Å². The minimum absolute atomic E-state index is 0.0288. The van der Waals surface area contributed by atoms with Crippen LogP contribution in [0.4, 0.5) is 0 Å². The number of aromatic nitrogens is 3. The topological polar surface area (TPSA) is 59.8 Å². The second-order valence-electron chi connectivity index (χ2n) is 6.59. The normalized spacial score (nSPS) is 10.8. The van der Waals surface area contributed by atoms with Crippen LogP contribution in [-0.2, 0) is 17.8 Å². The Kier molecular flexibility index (Phi) is 7.25. The van der Waals surface area contributed by atoms with Gasteiger partial charge < -0.3 is 9.88 Å². The molecule has 5 nitrogen and oxygen atoms in total. The molecular formula is C22H26N4OS. The predicted molar refractivity (Wildman–Crippen MR) is 114 cm³/mol. The molecule has 1 amide bonds. The molecule has 1 N–H and O–H groups in total. The molecule has 0 bridgehead atoms. The number of nitrogens with zero attached hydrogens (tertiary/aromatic N) is 3. The first-order valence-electron chi connectivity index (χ1n) is 9.61. The Morgan fingerprint density at radius 3 is 2.57 bits per heavy atom. The Labute approximate surface area is 170 Å². The molecule has 2 aromatic carbocycles. The van der Waals surface area contributed by atoms with Crippen molar-refractivity contribution >= 4 is 17.7 Å². The Balaban J connectivity index is 1.50. The van der Waals surface area contributed by atoms with Crippen LogP contribution < -0.4 is 5.32 Å². The zero-order valence-electron chi connectivity index (χ0n) is 16.4. The van der Waals surface area contributed by atoms with Gasteiger partial charge in [0.2, 0.25) is 5.91 Å². The predicted octanol–water partition coefficient (Wildman–Crippen LogP) is 4.11. The summed E-state index contributed by atoms with van der Waals surface area (Å²) in [6.45, 7) is 5.58. The van der Waals surface area contributed by atoms with Crippen molar-refractivity contribution in [2.75, 3.05) is 12.3 Å². The van der Waals surface area contributed by atoms with Crippen LogP contribution in [0.5, 0.6) is 0 Å².